The topological polar surface area (TPSA) is 78.4 Å². The Hall–Kier alpha value is -2.26. The molecule has 7 nitrogen and oxygen atoms in total. The van der Waals surface area contributed by atoms with Gasteiger partial charge in [-0.15, -0.1) is 0 Å². The Morgan fingerprint density at radius 3 is 2.66 bits per heavy atom. The Morgan fingerprint density at radius 1 is 1.16 bits per heavy atom. The minimum atomic E-state index is -2.95. The summed E-state index contributed by atoms with van der Waals surface area (Å²) in [6.45, 7) is 5.17. The van der Waals surface area contributed by atoms with E-state index in [0.717, 1.165) is 32.7 Å². The normalized spacial score (nSPS) is 28.2. The van der Waals surface area contributed by atoms with E-state index in [4.69, 9.17) is 15.6 Å². The summed E-state index contributed by atoms with van der Waals surface area (Å²) < 4.78 is 37.6. The van der Waals surface area contributed by atoms with Crippen LogP contribution in [0, 0.1) is 11.8 Å². The number of alkyl halides is 2. The highest BCUT2D eigenvalue weighted by Gasteiger charge is 2.58. The fraction of sp³-hybridized carbons (Fsp3) is 0.652. The van der Waals surface area contributed by atoms with E-state index in [1.165, 1.54) is 24.6 Å². The minimum Gasteiger partial charge on any atom is -0.431 e. The summed E-state index contributed by atoms with van der Waals surface area (Å²) in [5, 5.41) is 4.81. The molecule has 1 saturated heterocycles. The molecule has 3 fully saturated rings. The van der Waals surface area contributed by atoms with Gasteiger partial charge < -0.3 is 15.2 Å². The van der Waals surface area contributed by atoms with Gasteiger partial charge in [-0.3, -0.25) is 9.58 Å². The molecule has 0 spiro atoms. The third-order valence-corrected chi connectivity index (χ3v) is 7.18. The van der Waals surface area contributed by atoms with Crippen molar-refractivity contribution in [3.05, 3.63) is 24.0 Å². The van der Waals surface area contributed by atoms with E-state index in [0.29, 0.717) is 35.1 Å². The molecule has 0 aromatic carbocycles. The summed E-state index contributed by atoms with van der Waals surface area (Å²) >= 11 is 0. The Balaban J connectivity index is 1.35. The van der Waals surface area contributed by atoms with Crippen LogP contribution in [0.1, 0.15) is 50.8 Å². The van der Waals surface area contributed by atoms with Crippen molar-refractivity contribution in [2.45, 2.75) is 57.7 Å². The van der Waals surface area contributed by atoms with Crippen LogP contribution >= 0.6 is 0 Å². The molecule has 0 amide bonds. The maximum absolute atomic E-state index is 12.7. The van der Waals surface area contributed by atoms with Gasteiger partial charge in [-0.1, -0.05) is 0 Å². The summed E-state index contributed by atoms with van der Waals surface area (Å²) in [5.41, 5.74) is 8.27. The summed E-state index contributed by atoms with van der Waals surface area (Å²) in [5.74, 6) is 1.71. The second-order valence-corrected chi connectivity index (χ2v) is 9.46. The van der Waals surface area contributed by atoms with Crippen molar-refractivity contribution in [2.24, 2.45) is 11.8 Å². The number of hydrogen-bond donors (Lipinski definition) is 1. The molecule has 32 heavy (non-hydrogen) atoms. The first-order chi connectivity index (χ1) is 15.4. The number of fused-ring (bicyclic) bond motifs is 1. The molecule has 3 heterocycles. The van der Waals surface area contributed by atoms with Crippen LogP contribution in [0.4, 0.5) is 14.6 Å². The molecule has 0 radical (unpaired) electrons. The number of nitrogens with two attached hydrogens (primary N) is 1. The number of aromatic nitrogens is 3. The average Bonchev–Trinajstić information content (AvgIpc) is 3.08. The third-order valence-electron chi connectivity index (χ3n) is 7.18. The SMILES string of the molecule is CC(C)n1nc(-c2cnc(N)c(OC(F)F)c2)cc1[C@H]1[C@@H]2CC(N3CCCOCC3)C[C@@H]21. The number of rotatable bonds is 6. The molecular weight excluding hydrogens is 416 g/mol. The first-order valence-electron chi connectivity index (χ1n) is 11.5. The standard InChI is InChI=1S/C23H31F2N5O2/c1-13(2)30-19(11-18(28-30)14-8-20(32-23(24)25)22(26)27-12-14)21-16-9-15(10-17(16)21)29-4-3-6-31-7-5-29/h8,11-13,15-17,21,23H,3-7,9-10H2,1-2H3,(H2,26,27)/t15?,16-,17+,21+. The van der Waals surface area contributed by atoms with Crippen molar-refractivity contribution in [2.75, 3.05) is 32.0 Å². The lowest BCUT2D eigenvalue weighted by molar-refractivity contribution is -0.0494. The highest BCUT2D eigenvalue weighted by atomic mass is 19.3. The Labute approximate surface area is 186 Å². The first kappa shape index (κ1) is 21.6. The van der Waals surface area contributed by atoms with Crippen molar-refractivity contribution in [3.63, 3.8) is 0 Å². The van der Waals surface area contributed by atoms with Gasteiger partial charge in [-0.2, -0.15) is 13.9 Å². The van der Waals surface area contributed by atoms with Gasteiger partial charge in [0, 0.05) is 55.2 Å². The predicted molar refractivity (Wildman–Crippen MR) is 117 cm³/mol. The van der Waals surface area contributed by atoms with Crippen molar-refractivity contribution in [1.29, 1.82) is 0 Å². The van der Waals surface area contributed by atoms with Gasteiger partial charge in [0.25, 0.3) is 0 Å². The van der Waals surface area contributed by atoms with E-state index in [2.05, 4.69) is 39.2 Å². The molecule has 1 aliphatic heterocycles. The zero-order valence-electron chi connectivity index (χ0n) is 18.6. The predicted octanol–water partition coefficient (Wildman–Crippen LogP) is 3.92. The lowest BCUT2D eigenvalue weighted by Crippen LogP contribution is -2.36. The van der Waals surface area contributed by atoms with Crippen molar-refractivity contribution < 1.29 is 18.3 Å². The summed E-state index contributed by atoms with van der Waals surface area (Å²) in [4.78, 5) is 6.65. The number of anilines is 1. The number of nitrogen functional groups attached to an aromatic ring is 1. The summed E-state index contributed by atoms with van der Waals surface area (Å²) in [6.07, 6.45) is 5.13. The maximum atomic E-state index is 12.7. The van der Waals surface area contributed by atoms with Crippen LogP contribution in [0.15, 0.2) is 18.3 Å². The molecule has 5 rings (SSSR count). The zero-order chi connectivity index (χ0) is 22.4. The summed E-state index contributed by atoms with van der Waals surface area (Å²) in [6, 6.07) is 4.46. The zero-order valence-corrected chi connectivity index (χ0v) is 18.6. The third kappa shape index (κ3) is 4.08. The van der Waals surface area contributed by atoms with E-state index < -0.39 is 6.61 Å². The fourth-order valence-corrected chi connectivity index (χ4v) is 5.68. The molecule has 2 aromatic rings. The second kappa shape index (κ2) is 8.59. The quantitative estimate of drug-likeness (QED) is 0.723. The first-order valence-corrected chi connectivity index (χ1v) is 11.5. The molecule has 2 aliphatic carbocycles. The summed E-state index contributed by atoms with van der Waals surface area (Å²) in [7, 11) is 0. The monoisotopic (exact) mass is 447 g/mol. The van der Waals surface area contributed by atoms with Crippen LogP contribution in [0.3, 0.4) is 0 Å². The number of halogens is 2. The molecule has 174 valence electrons. The van der Waals surface area contributed by atoms with Crippen LogP contribution in [-0.2, 0) is 4.74 Å². The van der Waals surface area contributed by atoms with E-state index in [1.54, 1.807) is 6.20 Å². The van der Waals surface area contributed by atoms with E-state index in [-0.39, 0.29) is 17.6 Å². The van der Waals surface area contributed by atoms with Gasteiger partial charge in [0.2, 0.25) is 0 Å². The number of ether oxygens (including phenoxy) is 2. The van der Waals surface area contributed by atoms with Crippen LogP contribution in [-0.4, -0.2) is 58.6 Å². The molecule has 2 aromatic heterocycles. The number of pyridine rings is 1. The van der Waals surface area contributed by atoms with Gasteiger partial charge in [-0.25, -0.2) is 4.98 Å². The molecule has 0 bridgehead atoms. The molecular formula is C23H31F2N5O2. The fourth-order valence-electron chi connectivity index (χ4n) is 5.68. The molecule has 9 heteroatoms. The Bertz CT molecular complexity index is 946. The van der Waals surface area contributed by atoms with Gasteiger partial charge >= 0.3 is 6.61 Å². The largest absolute Gasteiger partial charge is 0.431 e. The average molecular weight is 448 g/mol. The molecule has 4 atom stereocenters. The number of nitrogens with zero attached hydrogens (tertiary/aromatic N) is 4. The Kier molecular flexibility index (Phi) is 5.79. The molecule has 3 aliphatic rings. The van der Waals surface area contributed by atoms with Gasteiger partial charge in [0.05, 0.1) is 12.3 Å². The highest BCUT2D eigenvalue weighted by molar-refractivity contribution is 5.64. The van der Waals surface area contributed by atoms with Crippen LogP contribution < -0.4 is 10.5 Å². The van der Waals surface area contributed by atoms with E-state index >= 15 is 0 Å². The molecule has 2 N–H and O–H groups in total. The van der Waals surface area contributed by atoms with Crippen molar-refractivity contribution >= 4 is 5.82 Å². The van der Waals surface area contributed by atoms with Gasteiger partial charge in [0.1, 0.15) is 0 Å². The second-order valence-electron chi connectivity index (χ2n) is 9.46. The van der Waals surface area contributed by atoms with Gasteiger partial charge in [0.15, 0.2) is 11.6 Å². The van der Waals surface area contributed by atoms with Crippen molar-refractivity contribution in [3.8, 4) is 17.0 Å². The smallest absolute Gasteiger partial charge is 0.387 e. The number of hydrogen-bond acceptors (Lipinski definition) is 6. The Morgan fingerprint density at radius 2 is 1.94 bits per heavy atom. The maximum Gasteiger partial charge on any atom is 0.387 e. The molecule has 1 unspecified atom stereocenters. The minimum absolute atomic E-state index is 0.0563. The van der Waals surface area contributed by atoms with Crippen LogP contribution in [0.25, 0.3) is 11.3 Å². The van der Waals surface area contributed by atoms with Crippen LogP contribution in [0.2, 0.25) is 0 Å². The van der Waals surface area contributed by atoms with Gasteiger partial charge in [-0.05, 0) is 57.1 Å². The highest BCUT2D eigenvalue weighted by Crippen LogP contribution is 2.64. The van der Waals surface area contributed by atoms with E-state index in [9.17, 15) is 8.78 Å². The van der Waals surface area contributed by atoms with E-state index in [1.807, 2.05) is 0 Å². The molecule has 2 saturated carbocycles. The van der Waals surface area contributed by atoms with Crippen LogP contribution in [0.5, 0.6) is 5.75 Å². The lowest BCUT2D eigenvalue weighted by atomic mass is 10.0. The van der Waals surface area contributed by atoms with Crippen molar-refractivity contribution in [1.82, 2.24) is 19.7 Å². The lowest BCUT2D eigenvalue weighted by Gasteiger charge is -2.28.